The number of ether oxygens (including phenoxy) is 3. The van der Waals surface area contributed by atoms with Crippen LogP contribution in [-0.2, 0) is 18.6 Å². The van der Waals surface area contributed by atoms with Gasteiger partial charge in [-0.05, 0) is 43.5 Å². The van der Waals surface area contributed by atoms with Crippen LogP contribution in [0.5, 0.6) is 0 Å². The highest BCUT2D eigenvalue weighted by Gasteiger charge is 2.42. The second-order valence-corrected chi connectivity index (χ2v) is 12.7. The topological polar surface area (TPSA) is 57.2 Å². The standard InChI is InChI=1S/C17H32O5Si/c1-17(2,3)23(4,5)22-13-9-11-19-14(16(13)18)12-21-15-8-6-7-10-20-15/h9,11,13-16,18H,6-8,10,12H2,1-5H3/t13-,14+,15?,16+/m0/s1. The van der Waals surface area contributed by atoms with E-state index in [9.17, 15) is 5.11 Å². The second-order valence-electron chi connectivity index (χ2n) is 7.97. The van der Waals surface area contributed by atoms with Gasteiger partial charge >= 0.3 is 0 Å². The summed E-state index contributed by atoms with van der Waals surface area (Å²) in [5.41, 5.74) is 0. The summed E-state index contributed by atoms with van der Waals surface area (Å²) in [4.78, 5) is 0. The molecule has 4 atom stereocenters. The van der Waals surface area contributed by atoms with E-state index in [0.717, 1.165) is 25.9 Å². The minimum atomic E-state index is -1.95. The highest BCUT2D eigenvalue weighted by Crippen LogP contribution is 2.38. The first-order valence-corrected chi connectivity index (χ1v) is 11.5. The van der Waals surface area contributed by atoms with E-state index in [0.29, 0.717) is 6.61 Å². The SMILES string of the molecule is CC(C)(C)[Si](C)(C)O[C@H]1C=CO[C@H](COC2CCCCO2)[C@@H]1O. The summed E-state index contributed by atoms with van der Waals surface area (Å²) < 4.78 is 23.2. The van der Waals surface area contributed by atoms with Gasteiger partial charge in [-0.2, -0.15) is 0 Å². The molecule has 1 saturated heterocycles. The Labute approximate surface area is 141 Å². The van der Waals surface area contributed by atoms with Gasteiger partial charge < -0.3 is 23.7 Å². The summed E-state index contributed by atoms with van der Waals surface area (Å²) in [6.07, 6.45) is 4.89. The Bertz CT molecular complexity index is 398. The zero-order valence-electron chi connectivity index (χ0n) is 15.1. The van der Waals surface area contributed by atoms with Crippen LogP contribution >= 0.6 is 0 Å². The van der Waals surface area contributed by atoms with Crippen molar-refractivity contribution in [3.63, 3.8) is 0 Å². The number of aliphatic hydroxyl groups is 1. The molecule has 1 unspecified atom stereocenters. The molecule has 23 heavy (non-hydrogen) atoms. The number of hydrogen-bond donors (Lipinski definition) is 1. The molecule has 0 spiro atoms. The number of aliphatic hydroxyl groups excluding tert-OH is 1. The van der Waals surface area contributed by atoms with Gasteiger partial charge in [-0.25, -0.2) is 0 Å². The summed E-state index contributed by atoms with van der Waals surface area (Å²) in [5, 5.41) is 10.7. The van der Waals surface area contributed by atoms with Gasteiger partial charge in [0.15, 0.2) is 14.6 Å². The molecule has 0 aromatic rings. The molecule has 2 aliphatic rings. The summed E-state index contributed by atoms with van der Waals surface area (Å²) >= 11 is 0. The van der Waals surface area contributed by atoms with Crippen molar-refractivity contribution in [3.05, 3.63) is 12.3 Å². The van der Waals surface area contributed by atoms with Crippen LogP contribution in [0.3, 0.4) is 0 Å². The number of hydrogen-bond acceptors (Lipinski definition) is 5. The van der Waals surface area contributed by atoms with Crippen molar-refractivity contribution in [3.8, 4) is 0 Å². The van der Waals surface area contributed by atoms with Crippen LogP contribution in [0.15, 0.2) is 12.3 Å². The normalized spacial score (nSPS) is 32.6. The molecule has 6 heteroatoms. The van der Waals surface area contributed by atoms with Crippen molar-refractivity contribution in [2.75, 3.05) is 13.2 Å². The molecule has 0 aromatic carbocycles. The lowest BCUT2D eigenvalue weighted by atomic mass is 10.1. The van der Waals surface area contributed by atoms with E-state index in [1.54, 1.807) is 12.3 Å². The Hall–Kier alpha value is -0.403. The summed E-state index contributed by atoms with van der Waals surface area (Å²) in [5.74, 6) is 0. The zero-order valence-corrected chi connectivity index (χ0v) is 16.1. The van der Waals surface area contributed by atoms with Crippen LogP contribution in [0.2, 0.25) is 18.1 Å². The molecular weight excluding hydrogens is 312 g/mol. The van der Waals surface area contributed by atoms with Crippen molar-refractivity contribution >= 4 is 8.32 Å². The average Bonchev–Trinajstić information content (AvgIpc) is 2.48. The molecule has 0 bridgehead atoms. The Balaban J connectivity index is 1.88. The molecule has 2 aliphatic heterocycles. The lowest BCUT2D eigenvalue weighted by molar-refractivity contribution is -0.189. The van der Waals surface area contributed by atoms with E-state index in [1.165, 1.54) is 0 Å². The molecular formula is C17H32O5Si. The van der Waals surface area contributed by atoms with Gasteiger partial charge in [-0.3, -0.25) is 0 Å². The van der Waals surface area contributed by atoms with Crippen molar-refractivity contribution < 1.29 is 23.7 Å². The zero-order chi connectivity index (χ0) is 17.1. The van der Waals surface area contributed by atoms with Gasteiger partial charge in [0.25, 0.3) is 0 Å². The molecule has 1 fully saturated rings. The van der Waals surface area contributed by atoms with Gasteiger partial charge in [0.05, 0.1) is 19.0 Å². The molecule has 0 saturated carbocycles. The largest absolute Gasteiger partial charge is 0.493 e. The smallest absolute Gasteiger partial charge is 0.193 e. The fraction of sp³-hybridized carbons (Fsp3) is 0.882. The predicted octanol–water partition coefficient (Wildman–Crippen LogP) is 3.19. The molecule has 0 aromatic heterocycles. The summed E-state index contributed by atoms with van der Waals surface area (Å²) in [6.45, 7) is 12.0. The molecule has 2 rings (SSSR count). The second kappa shape index (κ2) is 7.65. The molecule has 0 radical (unpaired) electrons. The van der Waals surface area contributed by atoms with E-state index in [-0.39, 0.29) is 17.4 Å². The Kier molecular flexibility index (Phi) is 6.30. The first kappa shape index (κ1) is 18.9. The Morgan fingerprint density at radius 2 is 2.00 bits per heavy atom. The van der Waals surface area contributed by atoms with Crippen molar-refractivity contribution in [1.29, 1.82) is 0 Å². The lowest BCUT2D eigenvalue weighted by Gasteiger charge is -2.41. The molecule has 5 nitrogen and oxygen atoms in total. The van der Waals surface area contributed by atoms with Crippen LogP contribution < -0.4 is 0 Å². The van der Waals surface area contributed by atoms with Crippen molar-refractivity contribution in [2.45, 2.75) is 82.8 Å². The summed E-state index contributed by atoms with van der Waals surface area (Å²) in [7, 11) is -1.95. The number of rotatable bonds is 5. The Morgan fingerprint density at radius 3 is 2.61 bits per heavy atom. The highest BCUT2D eigenvalue weighted by molar-refractivity contribution is 6.74. The van der Waals surface area contributed by atoms with Crippen LogP contribution in [0.4, 0.5) is 0 Å². The van der Waals surface area contributed by atoms with E-state index in [1.807, 2.05) is 0 Å². The van der Waals surface area contributed by atoms with Crippen molar-refractivity contribution in [2.24, 2.45) is 0 Å². The predicted molar refractivity (Wildman–Crippen MR) is 91.6 cm³/mol. The van der Waals surface area contributed by atoms with Crippen LogP contribution in [0, 0.1) is 0 Å². The van der Waals surface area contributed by atoms with E-state index in [4.69, 9.17) is 18.6 Å². The quantitative estimate of drug-likeness (QED) is 0.776. The first-order valence-electron chi connectivity index (χ1n) is 8.62. The fourth-order valence-corrected chi connectivity index (χ4v) is 3.69. The third kappa shape index (κ3) is 5.03. The van der Waals surface area contributed by atoms with Gasteiger partial charge in [0, 0.05) is 6.61 Å². The van der Waals surface area contributed by atoms with E-state index in [2.05, 4.69) is 33.9 Å². The third-order valence-corrected chi connectivity index (χ3v) is 9.53. The average molecular weight is 345 g/mol. The molecule has 0 aliphatic carbocycles. The van der Waals surface area contributed by atoms with Gasteiger partial charge in [-0.1, -0.05) is 20.8 Å². The maximum atomic E-state index is 10.6. The molecule has 0 amide bonds. The monoisotopic (exact) mass is 344 g/mol. The van der Waals surface area contributed by atoms with Gasteiger partial charge in [0.1, 0.15) is 12.2 Å². The molecule has 134 valence electrons. The van der Waals surface area contributed by atoms with Crippen LogP contribution in [-0.4, -0.2) is 51.2 Å². The maximum absolute atomic E-state index is 10.6. The fourth-order valence-electron chi connectivity index (χ4n) is 2.44. The van der Waals surface area contributed by atoms with Gasteiger partial charge in [-0.15, -0.1) is 0 Å². The van der Waals surface area contributed by atoms with E-state index >= 15 is 0 Å². The maximum Gasteiger partial charge on any atom is 0.193 e. The highest BCUT2D eigenvalue weighted by atomic mass is 28.4. The minimum absolute atomic E-state index is 0.0980. The molecule has 1 N–H and O–H groups in total. The molecule has 2 heterocycles. The van der Waals surface area contributed by atoms with Crippen LogP contribution in [0.25, 0.3) is 0 Å². The summed E-state index contributed by atoms with van der Waals surface area (Å²) in [6, 6.07) is 0. The lowest BCUT2D eigenvalue weighted by Crippen LogP contribution is -2.51. The van der Waals surface area contributed by atoms with E-state index < -0.39 is 20.5 Å². The van der Waals surface area contributed by atoms with Crippen molar-refractivity contribution in [1.82, 2.24) is 0 Å². The van der Waals surface area contributed by atoms with Gasteiger partial charge in [0.2, 0.25) is 0 Å². The third-order valence-electron chi connectivity index (χ3n) is 5.06. The first-order chi connectivity index (χ1) is 10.7. The van der Waals surface area contributed by atoms with Crippen LogP contribution in [0.1, 0.15) is 40.0 Å². The minimum Gasteiger partial charge on any atom is -0.493 e. The Morgan fingerprint density at radius 1 is 1.26 bits per heavy atom.